The molecule has 0 radical (unpaired) electrons. The van der Waals surface area contributed by atoms with Gasteiger partial charge in [-0.15, -0.1) is 0 Å². The largest absolute Gasteiger partial charge is 0.324 e. The van der Waals surface area contributed by atoms with Crippen molar-refractivity contribution >= 4 is 22.5 Å². The van der Waals surface area contributed by atoms with Gasteiger partial charge >= 0.3 is 0 Å². The third kappa shape index (κ3) is 2.89. The molecule has 21 heavy (non-hydrogen) atoms. The summed E-state index contributed by atoms with van der Waals surface area (Å²) in [5.74, 6) is -0.392. The van der Waals surface area contributed by atoms with Crippen LogP contribution in [0.4, 0.5) is 4.39 Å². The highest BCUT2D eigenvalue weighted by Crippen LogP contribution is 2.24. The van der Waals surface area contributed by atoms with Crippen molar-refractivity contribution in [3.8, 4) is 0 Å². The Morgan fingerprint density at radius 1 is 1.14 bits per heavy atom. The average molecular weight is 301 g/mol. The predicted octanol–water partition coefficient (Wildman–Crippen LogP) is 4.27. The number of aromatic nitrogens is 1. The van der Waals surface area contributed by atoms with Gasteiger partial charge in [0.1, 0.15) is 5.82 Å². The van der Waals surface area contributed by atoms with Crippen LogP contribution in [-0.2, 0) is 6.42 Å². The van der Waals surface area contributed by atoms with Crippen LogP contribution in [0.2, 0.25) is 5.02 Å². The number of nitrogens with zero attached hydrogens (tertiary/aromatic N) is 1. The fourth-order valence-corrected chi connectivity index (χ4v) is 2.58. The first-order valence-corrected chi connectivity index (χ1v) is 7.06. The molecule has 0 aliphatic carbocycles. The first-order chi connectivity index (χ1) is 10.1. The second-order valence-electron chi connectivity index (χ2n) is 4.98. The van der Waals surface area contributed by atoms with E-state index in [-0.39, 0.29) is 11.1 Å². The van der Waals surface area contributed by atoms with Crippen LogP contribution in [0.25, 0.3) is 10.9 Å². The van der Waals surface area contributed by atoms with Crippen molar-refractivity contribution in [2.24, 2.45) is 5.73 Å². The third-order valence-electron chi connectivity index (χ3n) is 3.53. The Morgan fingerprint density at radius 3 is 2.86 bits per heavy atom. The molecule has 0 saturated heterocycles. The molecule has 0 saturated carbocycles. The molecule has 0 bridgehead atoms. The highest BCUT2D eigenvalue weighted by Gasteiger charge is 2.12. The summed E-state index contributed by atoms with van der Waals surface area (Å²) in [6.07, 6.45) is 2.15. The van der Waals surface area contributed by atoms with Gasteiger partial charge < -0.3 is 5.73 Å². The second-order valence-corrected chi connectivity index (χ2v) is 5.39. The second kappa shape index (κ2) is 5.80. The number of halogens is 2. The van der Waals surface area contributed by atoms with Crippen LogP contribution in [0.15, 0.2) is 54.7 Å². The predicted molar refractivity (Wildman–Crippen MR) is 83.8 cm³/mol. The molecular formula is C17H14ClFN2. The van der Waals surface area contributed by atoms with E-state index in [1.54, 1.807) is 18.3 Å². The smallest absolute Gasteiger partial charge is 0.145 e. The molecule has 1 atom stereocenters. The van der Waals surface area contributed by atoms with Gasteiger partial charge in [0.05, 0.1) is 10.5 Å². The third-order valence-corrected chi connectivity index (χ3v) is 3.82. The van der Waals surface area contributed by atoms with E-state index < -0.39 is 5.82 Å². The highest BCUT2D eigenvalue weighted by molar-refractivity contribution is 6.30. The lowest BCUT2D eigenvalue weighted by Crippen LogP contribution is -2.14. The van der Waals surface area contributed by atoms with E-state index in [2.05, 4.69) is 4.98 Å². The minimum absolute atomic E-state index is 0.127. The quantitative estimate of drug-likeness (QED) is 0.784. The molecule has 0 aliphatic rings. The summed E-state index contributed by atoms with van der Waals surface area (Å²) in [5, 5.41) is 1.15. The Morgan fingerprint density at radius 2 is 2.00 bits per heavy atom. The summed E-state index contributed by atoms with van der Waals surface area (Å²) in [6.45, 7) is 0. The molecule has 0 spiro atoms. The number of nitrogens with two attached hydrogens (primary N) is 1. The maximum absolute atomic E-state index is 13.9. The summed E-state index contributed by atoms with van der Waals surface area (Å²) in [6, 6.07) is 14.4. The van der Waals surface area contributed by atoms with Gasteiger partial charge in [0, 0.05) is 17.6 Å². The molecule has 106 valence electrons. The van der Waals surface area contributed by atoms with E-state index >= 15 is 0 Å². The fraction of sp³-hybridized carbons (Fsp3) is 0.118. The molecule has 4 heteroatoms. The lowest BCUT2D eigenvalue weighted by Gasteiger charge is -2.14. The fourth-order valence-electron chi connectivity index (χ4n) is 2.39. The number of hydrogen-bond donors (Lipinski definition) is 1. The summed E-state index contributed by atoms with van der Waals surface area (Å²) < 4.78 is 13.9. The Balaban J connectivity index is 1.89. The molecule has 2 aromatic carbocycles. The van der Waals surface area contributed by atoms with E-state index in [9.17, 15) is 4.39 Å². The van der Waals surface area contributed by atoms with Crippen LogP contribution < -0.4 is 5.73 Å². The normalized spacial score (nSPS) is 12.5. The molecular weight excluding hydrogens is 287 g/mol. The van der Waals surface area contributed by atoms with Crippen LogP contribution in [-0.4, -0.2) is 4.98 Å². The van der Waals surface area contributed by atoms with Gasteiger partial charge in [-0.1, -0.05) is 35.9 Å². The van der Waals surface area contributed by atoms with Crippen molar-refractivity contribution < 1.29 is 4.39 Å². The van der Waals surface area contributed by atoms with Crippen LogP contribution in [0.5, 0.6) is 0 Å². The number of benzene rings is 2. The van der Waals surface area contributed by atoms with E-state index in [1.165, 1.54) is 6.07 Å². The number of fused-ring (bicyclic) bond motifs is 1. The maximum Gasteiger partial charge on any atom is 0.145 e. The van der Waals surface area contributed by atoms with Crippen LogP contribution in [0.3, 0.4) is 0 Å². The minimum atomic E-state index is -0.392. The summed E-state index contributed by atoms with van der Waals surface area (Å²) in [4.78, 5) is 4.27. The highest BCUT2D eigenvalue weighted by atomic mass is 35.5. The zero-order valence-corrected chi connectivity index (χ0v) is 12.0. The van der Waals surface area contributed by atoms with E-state index in [0.717, 1.165) is 16.5 Å². The number of rotatable bonds is 3. The summed E-state index contributed by atoms with van der Waals surface area (Å²) in [5.41, 5.74) is 8.61. The lowest BCUT2D eigenvalue weighted by atomic mass is 9.98. The zero-order chi connectivity index (χ0) is 14.8. The molecule has 0 aliphatic heterocycles. The maximum atomic E-state index is 13.9. The zero-order valence-electron chi connectivity index (χ0n) is 11.3. The van der Waals surface area contributed by atoms with Crippen molar-refractivity contribution in [2.75, 3.05) is 0 Å². The number of hydrogen-bond acceptors (Lipinski definition) is 2. The molecule has 3 aromatic rings. The van der Waals surface area contributed by atoms with E-state index in [4.69, 9.17) is 17.3 Å². The first kappa shape index (κ1) is 14.0. The van der Waals surface area contributed by atoms with Gasteiger partial charge in [-0.05, 0) is 41.8 Å². The summed E-state index contributed by atoms with van der Waals surface area (Å²) >= 11 is 5.80. The molecule has 1 heterocycles. The van der Waals surface area contributed by atoms with Crippen molar-refractivity contribution in [2.45, 2.75) is 12.5 Å². The van der Waals surface area contributed by atoms with Crippen molar-refractivity contribution in [1.29, 1.82) is 0 Å². The van der Waals surface area contributed by atoms with E-state index in [0.29, 0.717) is 12.0 Å². The van der Waals surface area contributed by atoms with Crippen molar-refractivity contribution in [1.82, 2.24) is 4.98 Å². The van der Waals surface area contributed by atoms with Gasteiger partial charge in [-0.2, -0.15) is 0 Å². The van der Waals surface area contributed by atoms with Gasteiger partial charge in [-0.3, -0.25) is 4.98 Å². The molecule has 1 aromatic heterocycles. The topological polar surface area (TPSA) is 38.9 Å². The van der Waals surface area contributed by atoms with Crippen molar-refractivity contribution in [3.63, 3.8) is 0 Å². The Bertz CT molecular complexity index is 789. The van der Waals surface area contributed by atoms with Gasteiger partial charge in [0.15, 0.2) is 0 Å². The summed E-state index contributed by atoms with van der Waals surface area (Å²) in [7, 11) is 0. The van der Waals surface area contributed by atoms with Gasteiger partial charge in [-0.25, -0.2) is 4.39 Å². The van der Waals surface area contributed by atoms with Crippen LogP contribution in [0, 0.1) is 5.82 Å². The number of pyridine rings is 1. The molecule has 3 rings (SSSR count). The van der Waals surface area contributed by atoms with Crippen LogP contribution in [0.1, 0.15) is 17.2 Å². The minimum Gasteiger partial charge on any atom is -0.324 e. The van der Waals surface area contributed by atoms with Gasteiger partial charge in [0.25, 0.3) is 0 Å². The SMILES string of the molecule is NC(Cc1cccc(Cl)c1F)c1ccc2ncccc2c1. The standard InChI is InChI=1S/C17H14ClFN2/c18-14-5-1-3-13(17(14)19)10-15(20)11-6-7-16-12(9-11)4-2-8-21-16/h1-9,15H,10,20H2. The Labute approximate surface area is 127 Å². The molecule has 2 nitrogen and oxygen atoms in total. The molecule has 1 unspecified atom stereocenters. The van der Waals surface area contributed by atoms with E-state index in [1.807, 2.05) is 30.3 Å². The van der Waals surface area contributed by atoms with Crippen LogP contribution >= 0.6 is 11.6 Å². The van der Waals surface area contributed by atoms with Gasteiger partial charge in [0.2, 0.25) is 0 Å². The van der Waals surface area contributed by atoms with Crippen molar-refractivity contribution in [3.05, 3.63) is 76.7 Å². The monoisotopic (exact) mass is 300 g/mol. The molecule has 2 N–H and O–H groups in total. The lowest BCUT2D eigenvalue weighted by molar-refractivity contribution is 0.594. The Kier molecular flexibility index (Phi) is 3.86. The molecule has 0 fully saturated rings. The average Bonchev–Trinajstić information content (AvgIpc) is 2.51. The molecule has 0 amide bonds. The Hall–Kier alpha value is -1.97. The first-order valence-electron chi connectivity index (χ1n) is 6.68.